The van der Waals surface area contributed by atoms with Gasteiger partial charge in [-0.25, -0.2) is 4.98 Å². The van der Waals surface area contributed by atoms with Crippen molar-refractivity contribution in [3.05, 3.63) is 95.0 Å². The predicted molar refractivity (Wildman–Crippen MR) is 131 cm³/mol. The smallest absolute Gasteiger partial charge is 0.271 e. The van der Waals surface area contributed by atoms with Crippen molar-refractivity contribution in [2.24, 2.45) is 10.2 Å². The Bertz CT molecular complexity index is 1280. The number of anilines is 2. The van der Waals surface area contributed by atoms with Gasteiger partial charge < -0.3 is 10.6 Å². The average Bonchev–Trinajstić information content (AvgIpc) is 3.21. The third kappa shape index (κ3) is 5.36. The zero-order chi connectivity index (χ0) is 22.3. The van der Waals surface area contributed by atoms with Crippen molar-refractivity contribution in [1.82, 2.24) is 4.98 Å². The minimum absolute atomic E-state index is 0.0475. The Morgan fingerprint density at radius 2 is 1.66 bits per heavy atom. The van der Waals surface area contributed by atoms with Crippen LogP contribution >= 0.6 is 23.6 Å². The number of benzene rings is 3. The molecule has 0 atom stereocenters. The van der Waals surface area contributed by atoms with E-state index in [2.05, 4.69) is 25.8 Å². The van der Waals surface area contributed by atoms with Gasteiger partial charge in [0, 0.05) is 23.4 Å². The van der Waals surface area contributed by atoms with Crippen LogP contribution in [0.15, 0.2) is 95.2 Å². The Kier molecular flexibility index (Phi) is 6.54. The van der Waals surface area contributed by atoms with Crippen LogP contribution in [0.2, 0.25) is 0 Å². The Morgan fingerprint density at radius 1 is 0.938 bits per heavy atom. The molecule has 4 rings (SSSR count). The summed E-state index contributed by atoms with van der Waals surface area (Å²) in [5.41, 5.74) is 2.69. The molecule has 10 heteroatoms. The van der Waals surface area contributed by atoms with Crippen LogP contribution in [0.25, 0.3) is 11.3 Å². The van der Waals surface area contributed by atoms with Gasteiger partial charge >= 0.3 is 0 Å². The fraction of sp³-hybridized carbons (Fsp3) is 0. The maximum absolute atomic E-state index is 11.0. The van der Waals surface area contributed by atoms with Gasteiger partial charge in [0.05, 0.1) is 10.6 Å². The molecule has 32 heavy (non-hydrogen) atoms. The van der Waals surface area contributed by atoms with Gasteiger partial charge in [0.15, 0.2) is 15.2 Å². The molecule has 0 radical (unpaired) electrons. The number of non-ortho nitro benzene ring substituents is 1. The van der Waals surface area contributed by atoms with E-state index in [1.54, 1.807) is 12.1 Å². The fourth-order valence-corrected chi connectivity index (χ4v) is 3.86. The summed E-state index contributed by atoms with van der Waals surface area (Å²) < 4.78 is 0. The topological polar surface area (TPSA) is 105 Å². The van der Waals surface area contributed by atoms with Crippen molar-refractivity contribution in [2.45, 2.75) is 0 Å². The van der Waals surface area contributed by atoms with E-state index < -0.39 is 4.92 Å². The normalized spacial score (nSPS) is 10.8. The molecular weight excluding hydrogens is 444 g/mol. The molecule has 158 valence electrons. The number of rotatable bonds is 6. The van der Waals surface area contributed by atoms with Crippen LogP contribution in [0, 0.1) is 10.1 Å². The highest BCUT2D eigenvalue weighted by atomic mass is 32.1. The first-order chi connectivity index (χ1) is 15.6. The number of thiazole rings is 1. The van der Waals surface area contributed by atoms with Crippen molar-refractivity contribution < 1.29 is 4.92 Å². The molecule has 0 saturated heterocycles. The predicted octanol–water partition coefficient (Wildman–Crippen LogP) is 6.94. The van der Waals surface area contributed by atoms with Crippen LogP contribution in [0.5, 0.6) is 0 Å². The van der Waals surface area contributed by atoms with Crippen molar-refractivity contribution in [3.63, 3.8) is 0 Å². The van der Waals surface area contributed by atoms with E-state index in [0.29, 0.717) is 26.6 Å². The van der Waals surface area contributed by atoms with Crippen LogP contribution in [-0.2, 0) is 0 Å². The van der Waals surface area contributed by atoms with E-state index in [-0.39, 0.29) is 5.69 Å². The summed E-state index contributed by atoms with van der Waals surface area (Å²) in [4.78, 5) is 15.2. The monoisotopic (exact) mass is 460 g/mol. The van der Waals surface area contributed by atoms with Gasteiger partial charge in [0.2, 0.25) is 0 Å². The molecule has 1 aromatic heterocycles. The summed E-state index contributed by atoms with van der Waals surface area (Å²) in [6.07, 6.45) is 0. The molecule has 4 aromatic rings. The molecule has 0 spiro atoms. The lowest BCUT2D eigenvalue weighted by Crippen LogP contribution is -2.18. The second-order valence-electron chi connectivity index (χ2n) is 6.46. The van der Waals surface area contributed by atoms with Gasteiger partial charge in [0.25, 0.3) is 5.69 Å². The molecule has 0 amide bonds. The summed E-state index contributed by atoms with van der Waals surface area (Å²) >= 11 is 6.67. The number of aromatic nitrogens is 1. The quantitative estimate of drug-likeness (QED) is 0.140. The number of thiocarbonyl (C=S) groups is 1. The van der Waals surface area contributed by atoms with Crippen molar-refractivity contribution >= 4 is 55.9 Å². The fourth-order valence-electron chi connectivity index (χ4n) is 2.77. The number of nitro groups is 1. The van der Waals surface area contributed by atoms with Crippen molar-refractivity contribution in [2.75, 3.05) is 10.6 Å². The van der Waals surface area contributed by atoms with Gasteiger partial charge in [-0.15, -0.1) is 10.2 Å². The standard InChI is InChI=1S/C22H16N6O2S2/c29-28(30)18-13-7-12-17(14-18)26-27-20-19(15-8-3-1-4-9-15)24-22(32-20)25-21(31)23-16-10-5-2-6-11-16/h1-14H,(H2,23,24,25,31). The van der Waals surface area contributed by atoms with Crippen LogP contribution in [0.4, 0.5) is 27.2 Å². The molecule has 0 bridgehead atoms. The molecule has 0 aliphatic rings. The summed E-state index contributed by atoms with van der Waals surface area (Å²) in [6, 6.07) is 25.1. The molecule has 0 saturated carbocycles. The molecule has 1 heterocycles. The second kappa shape index (κ2) is 9.86. The Morgan fingerprint density at radius 3 is 2.38 bits per heavy atom. The number of nitrogens with one attached hydrogen (secondary N) is 2. The third-order valence-corrected chi connectivity index (χ3v) is 5.26. The molecule has 0 fully saturated rings. The van der Waals surface area contributed by atoms with Crippen molar-refractivity contribution in [1.29, 1.82) is 0 Å². The third-order valence-electron chi connectivity index (χ3n) is 4.21. The van der Waals surface area contributed by atoms with Gasteiger partial charge in [-0.05, 0) is 30.4 Å². The molecule has 0 aliphatic heterocycles. The molecule has 0 unspecified atom stereocenters. The minimum Gasteiger partial charge on any atom is -0.332 e. The van der Waals surface area contributed by atoms with E-state index in [1.807, 2.05) is 60.7 Å². The Labute approximate surface area is 192 Å². The van der Waals surface area contributed by atoms with E-state index in [1.165, 1.54) is 23.5 Å². The highest BCUT2D eigenvalue weighted by molar-refractivity contribution is 7.80. The SMILES string of the molecule is O=[N+]([O-])c1cccc(N=Nc2sc(NC(=S)Nc3ccccc3)nc2-c2ccccc2)c1. The molecule has 0 aliphatic carbocycles. The summed E-state index contributed by atoms with van der Waals surface area (Å²) in [5, 5.41) is 27.2. The maximum atomic E-state index is 11.0. The van der Waals surface area contributed by atoms with Gasteiger partial charge in [-0.3, -0.25) is 10.1 Å². The molecular formula is C22H16N6O2S2. The Hall–Kier alpha value is -4.02. The van der Waals surface area contributed by atoms with Gasteiger partial charge in [-0.2, -0.15) is 0 Å². The van der Waals surface area contributed by atoms with Crippen LogP contribution < -0.4 is 10.6 Å². The molecule has 2 N–H and O–H groups in total. The first-order valence-corrected chi connectivity index (χ1v) is 10.7. The first-order valence-electron chi connectivity index (χ1n) is 9.44. The van der Waals surface area contributed by atoms with E-state index in [9.17, 15) is 10.1 Å². The average molecular weight is 461 g/mol. The van der Waals surface area contributed by atoms with Gasteiger partial charge in [-0.1, -0.05) is 65.9 Å². The van der Waals surface area contributed by atoms with Crippen LogP contribution in [-0.4, -0.2) is 15.0 Å². The van der Waals surface area contributed by atoms with E-state index >= 15 is 0 Å². The zero-order valence-corrected chi connectivity index (χ0v) is 18.1. The highest BCUT2D eigenvalue weighted by Crippen LogP contribution is 2.39. The number of hydrogen-bond acceptors (Lipinski definition) is 7. The molecule has 8 nitrogen and oxygen atoms in total. The van der Waals surface area contributed by atoms with Crippen molar-refractivity contribution in [3.8, 4) is 11.3 Å². The lowest BCUT2D eigenvalue weighted by molar-refractivity contribution is -0.384. The zero-order valence-electron chi connectivity index (χ0n) is 16.5. The van der Waals surface area contributed by atoms with Crippen LogP contribution in [0.1, 0.15) is 0 Å². The lowest BCUT2D eigenvalue weighted by Gasteiger charge is -2.07. The van der Waals surface area contributed by atoms with E-state index in [4.69, 9.17) is 12.2 Å². The number of hydrogen-bond donors (Lipinski definition) is 2. The Balaban J connectivity index is 1.60. The number of nitrogens with zero attached hydrogens (tertiary/aromatic N) is 4. The summed E-state index contributed by atoms with van der Waals surface area (Å²) in [5.74, 6) is 0. The van der Waals surface area contributed by atoms with E-state index in [0.717, 1.165) is 11.3 Å². The summed E-state index contributed by atoms with van der Waals surface area (Å²) in [6.45, 7) is 0. The maximum Gasteiger partial charge on any atom is 0.271 e. The van der Waals surface area contributed by atoms with Crippen LogP contribution in [0.3, 0.4) is 0 Å². The number of azo groups is 1. The molecule has 3 aromatic carbocycles. The highest BCUT2D eigenvalue weighted by Gasteiger charge is 2.14. The lowest BCUT2D eigenvalue weighted by atomic mass is 10.2. The largest absolute Gasteiger partial charge is 0.332 e. The van der Waals surface area contributed by atoms with Gasteiger partial charge in [0.1, 0.15) is 5.69 Å². The number of para-hydroxylation sites is 1. The second-order valence-corrected chi connectivity index (χ2v) is 7.85. The summed E-state index contributed by atoms with van der Waals surface area (Å²) in [7, 11) is 0. The number of nitro benzene ring substituents is 1. The first kappa shape index (κ1) is 21.2. The minimum atomic E-state index is -0.468.